The molecule has 0 saturated carbocycles. The smallest absolute Gasteiger partial charge is 0.346 e. The summed E-state index contributed by atoms with van der Waals surface area (Å²) >= 11 is 1.37. The van der Waals surface area contributed by atoms with Crippen molar-refractivity contribution in [3.8, 4) is 0 Å². The van der Waals surface area contributed by atoms with Gasteiger partial charge in [-0.25, -0.2) is 4.79 Å². The highest BCUT2D eigenvalue weighted by atomic mass is 32.1. The minimum Gasteiger partial charge on any atom is -0.477 e. The van der Waals surface area contributed by atoms with Gasteiger partial charge < -0.3 is 9.67 Å². The van der Waals surface area contributed by atoms with E-state index < -0.39 is 5.97 Å². The van der Waals surface area contributed by atoms with Crippen LogP contribution in [-0.2, 0) is 6.54 Å². The van der Waals surface area contributed by atoms with Crippen LogP contribution in [0.4, 0.5) is 0 Å². The van der Waals surface area contributed by atoms with Gasteiger partial charge in [0, 0.05) is 17.3 Å². The Morgan fingerprint density at radius 1 is 1.09 bits per heavy atom. The molecule has 0 spiro atoms. The summed E-state index contributed by atoms with van der Waals surface area (Å²) in [5, 5.41) is 11.6. The van der Waals surface area contributed by atoms with Crippen molar-refractivity contribution in [2.45, 2.75) is 13.5 Å². The van der Waals surface area contributed by atoms with Crippen LogP contribution in [0.2, 0.25) is 0 Å². The Bertz CT molecular complexity index is 1030. The lowest BCUT2D eigenvalue weighted by atomic mass is 10.1. The third-order valence-corrected chi connectivity index (χ3v) is 5.52. The molecule has 114 valence electrons. The molecule has 0 radical (unpaired) electrons. The zero-order valence-corrected chi connectivity index (χ0v) is 13.4. The van der Waals surface area contributed by atoms with E-state index in [0.717, 1.165) is 33.2 Å². The van der Waals surface area contributed by atoms with E-state index in [9.17, 15) is 9.90 Å². The van der Waals surface area contributed by atoms with Gasteiger partial charge in [-0.1, -0.05) is 48.5 Å². The van der Waals surface area contributed by atoms with Crippen LogP contribution in [-0.4, -0.2) is 15.6 Å². The van der Waals surface area contributed by atoms with Crippen LogP contribution in [0.25, 0.3) is 21.1 Å². The van der Waals surface area contributed by atoms with Gasteiger partial charge in [0.1, 0.15) is 9.71 Å². The summed E-state index contributed by atoms with van der Waals surface area (Å²) in [5.41, 5.74) is 3.22. The molecule has 4 rings (SSSR count). The second-order valence-corrected chi connectivity index (χ2v) is 6.63. The lowest BCUT2D eigenvalue weighted by Gasteiger charge is -2.06. The maximum atomic E-state index is 11.5. The molecule has 0 amide bonds. The summed E-state index contributed by atoms with van der Waals surface area (Å²) in [6.45, 7) is 2.64. The van der Waals surface area contributed by atoms with Crippen molar-refractivity contribution >= 4 is 38.4 Å². The number of carbonyl (C=O) groups is 1. The predicted octanol–water partition coefficient (Wildman–Crippen LogP) is 4.91. The summed E-state index contributed by atoms with van der Waals surface area (Å²) in [4.78, 5) is 13.0. The molecule has 1 N–H and O–H groups in total. The first-order valence-electron chi connectivity index (χ1n) is 7.44. The minimum atomic E-state index is -0.848. The Hall–Kier alpha value is -2.59. The van der Waals surface area contributed by atoms with Crippen molar-refractivity contribution in [1.29, 1.82) is 0 Å². The molecule has 0 atom stereocenters. The Labute approximate surface area is 137 Å². The van der Waals surface area contributed by atoms with Gasteiger partial charge in [0.2, 0.25) is 0 Å². The lowest BCUT2D eigenvalue weighted by molar-refractivity contribution is 0.0701. The predicted molar refractivity (Wildman–Crippen MR) is 94.6 cm³/mol. The Balaban J connectivity index is 2.03. The van der Waals surface area contributed by atoms with Crippen LogP contribution in [0.5, 0.6) is 0 Å². The summed E-state index contributed by atoms with van der Waals surface area (Å²) < 4.78 is 2.23. The number of hydrogen-bond donors (Lipinski definition) is 1. The average Bonchev–Trinajstić information content (AvgIpc) is 3.05. The maximum absolute atomic E-state index is 11.5. The fourth-order valence-electron chi connectivity index (χ4n) is 3.16. The highest BCUT2D eigenvalue weighted by molar-refractivity contribution is 7.20. The van der Waals surface area contributed by atoms with Crippen molar-refractivity contribution in [3.05, 3.63) is 70.6 Å². The number of rotatable bonds is 3. The maximum Gasteiger partial charge on any atom is 0.346 e. The van der Waals surface area contributed by atoms with Crippen LogP contribution >= 0.6 is 11.3 Å². The molecule has 0 unspecified atom stereocenters. The van der Waals surface area contributed by atoms with E-state index in [1.807, 2.05) is 37.3 Å². The molecule has 2 aromatic heterocycles. The number of fused-ring (bicyclic) bond motifs is 3. The molecule has 2 aromatic carbocycles. The number of aromatic nitrogens is 1. The highest BCUT2D eigenvalue weighted by Crippen LogP contribution is 2.39. The van der Waals surface area contributed by atoms with Crippen molar-refractivity contribution in [2.75, 3.05) is 0 Å². The summed E-state index contributed by atoms with van der Waals surface area (Å²) in [6, 6.07) is 18.5. The third-order valence-electron chi connectivity index (χ3n) is 4.22. The topological polar surface area (TPSA) is 42.2 Å². The molecule has 23 heavy (non-hydrogen) atoms. The molecular weight excluding hydrogens is 306 g/mol. The van der Waals surface area contributed by atoms with Crippen LogP contribution < -0.4 is 0 Å². The summed E-state index contributed by atoms with van der Waals surface area (Å²) in [7, 11) is 0. The first-order valence-corrected chi connectivity index (χ1v) is 8.26. The van der Waals surface area contributed by atoms with Gasteiger partial charge in [0.05, 0.1) is 5.52 Å². The fraction of sp³-hybridized carbons (Fsp3) is 0.105. The summed E-state index contributed by atoms with van der Waals surface area (Å²) in [5.74, 6) is -0.848. The van der Waals surface area contributed by atoms with Crippen LogP contribution in [0.15, 0.2) is 54.6 Å². The molecule has 2 heterocycles. The number of carboxylic acid groups (broad SMARTS) is 1. The minimum absolute atomic E-state index is 0.433. The zero-order chi connectivity index (χ0) is 16.0. The number of aromatic carboxylic acids is 1. The van der Waals surface area contributed by atoms with Gasteiger partial charge in [-0.2, -0.15) is 0 Å². The molecule has 3 nitrogen and oxygen atoms in total. The van der Waals surface area contributed by atoms with Gasteiger partial charge in [-0.3, -0.25) is 0 Å². The standard InChI is InChI=1S/C19H15NO2S/c1-12-16-14-9-5-6-10-15(14)20(11-13-7-3-2-4-8-13)18(16)23-17(12)19(21)22/h2-10H,11H2,1H3,(H,21,22). The van der Waals surface area contributed by atoms with Crippen molar-refractivity contribution in [1.82, 2.24) is 4.57 Å². The quantitative estimate of drug-likeness (QED) is 0.582. The van der Waals surface area contributed by atoms with Gasteiger partial charge in [0.15, 0.2) is 0 Å². The van der Waals surface area contributed by atoms with E-state index in [4.69, 9.17) is 0 Å². The first kappa shape index (κ1) is 14.0. The van der Waals surface area contributed by atoms with E-state index in [-0.39, 0.29) is 0 Å². The van der Waals surface area contributed by atoms with Gasteiger partial charge in [0.25, 0.3) is 0 Å². The average molecular weight is 321 g/mol. The number of hydrogen-bond acceptors (Lipinski definition) is 2. The van der Waals surface area contributed by atoms with E-state index in [0.29, 0.717) is 4.88 Å². The van der Waals surface area contributed by atoms with Crippen LogP contribution in [0, 0.1) is 6.92 Å². The van der Waals surface area contributed by atoms with E-state index in [2.05, 4.69) is 28.8 Å². The molecule has 0 aliphatic heterocycles. The van der Waals surface area contributed by atoms with Gasteiger partial charge in [-0.05, 0) is 24.1 Å². The first-order chi connectivity index (χ1) is 11.2. The van der Waals surface area contributed by atoms with Crippen LogP contribution in [0.1, 0.15) is 20.8 Å². The monoisotopic (exact) mass is 321 g/mol. The van der Waals surface area contributed by atoms with E-state index in [1.165, 1.54) is 16.9 Å². The zero-order valence-electron chi connectivity index (χ0n) is 12.6. The number of benzene rings is 2. The Morgan fingerprint density at radius 2 is 1.78 bits per heavy atom. The number of nitrogens with zero attached hydrogens (tertiary/aromatic N) is 1. The fourth-order valence-corrected chi connectivity index (χ4v) is 4.34. The normalized spacial score (nSPS) is 11.3. The largest absolute Gasteiger partial charge is 0.477 e. The van der Waals surface area contributed by atoms with Crippen molar-refractivity contribution in [3.63, 3.8) is 0 Å². The number of thiophene rings is 1. The SMILES string of the molecule is Cc1c(C(=O)O)sc2c1c1ccccc1n2Cc1ccccc1. The van der Waals surface area contributed by atoms with Crippen molar-refractivity contribution < 1.29 is 9.90 Å². The lowest BCUT2D eigenvalue weighted by Crippen LogP contribution is -1.98. The Kier molecular flexibility index (Phi) is 3.20. The molecule has 0 fully saturated rings. The third kappa shape index (κ3) is 2.14. The van der Waals surface area contributed by atoms with E-state index in [1.54, 1.807) is 0 Å². The summed E-state index contributed by atoms with van der Waals surface area (Å²) in [6.07, 6.45) is 0. The Morgan fingerprint density at radius 3 is 2.52 bits per heavy atom. The van der Waals surface area contributed by atoms with Crippen LogP contribution in [0.3, 0.4) is 0 Å². The molecule has 0 aliphatic carbocycles. The van der Waals surface area contributed by atoms with Gasteiger partial charge in [-0.15, -0.1) is 11.3 Å². The molecule has 0 saturated heterocycles. The van der Waals surface area contributed by atoms with E-state index >= 15 is 0 Å². The molecule has 4 heteroatoms. The van der Waals surface area contributed by atoms with Crippen molar-refractivity contribution in [2.24, 2.45) is 0 Å². The highest BCUT2D eigenvalue weighted by Gasteiger charge is 2.21. The van der Waals surface area contributed by atoms with Gasteiger partial charge >= 0.3 is 5.97 Å². The molecule has 0 aliphatic rings. The second-order valence-electron chi connectivity index (χ2n) is 5.63. The number of para-hydroxylation sites is 1. The molecule has 4 aromatic rings. The number of aryl methyl sites for hydroxylation is 1. The molecular formula is C19H15NO2S. The molecule has 0 bridgehead atoms. The second kappa shape index (κ2) is 5.25. The number of carboxylic acids is 1.